The van der Waals surface area contributed by atoms with E-state index in [1.807, 2.05) is 0 Å². The number of anilines is 1. The van der Waals surface area contributed by atoms with E-state index in [0.717, 1.165) is 19.2 Å². The molecule has 0 unspecified atom stereocenters. The summed E-state index contributed by atoms with van der Waals surface area (Å²) in [6, 6.07) is 1.84. The number of ether oxygens (including phenoxy) is 2. The van der Waals surface area contributed by atoms with Gasteiger partial charge in [-0.1, -0.05) is 0 Å². The predicted octanol–water partition coefficient (Wildman–Crippen LogP) is 3.10. The normalized spacial score (nSPS) is 10.9. The van der Waals surface area contributed by atoms with Crippen molar-refractivity contribution in [3.05, 3.63) is 29.3 Å². The van der Waals surface area contributed by atoms with Crippen molar-refractivity contribution < 1.29 is 27.8 Å². The van der Waals surface area contributed by atoms with E-state index in [-0.39, 0.29) is 5.69 Å². The Labute approximate surface area is 114 Å². The standard InChI is InChI=1S/C13H15F2NO4/c1-13(2,3)20-12(18)16-8-6-5-7(14)10(15)9(8)11(17)19-4/h5-6H,1-4H3,(H,16,18). The Hall–Kier alpha value is -2.18. The molecule has 0 radical (unpaired) electrons. The first kappa shape index (κ1) is 15.9. The van der Waals surface area contributed by atoms with Gasteiger partial charge in [-0.25, -0.2) is 18.4 Å². The number of hydrogen-bond acceptors (Lipinski definition) is 4. The van der Waals surface area contributed by atoms with E-state index in [9.17, 15) is 18.4 Å². The molecule has 20 heavy (non-hydrogen) atoms. The summed E-state index contributed by atoms with van der Waals surface area (Å²) in [5, 5.41) is 2.18. The fraction of sp³-hybridized carbons (Fsp3) is 0.385. The first-order valence-corrected chi connectivity index (χ1v) is 5.72. The molecule has 0 aromatic heterocycles. The molecule has 1 aromatic carbocycles. The maximum absolute atomic E-state index is 13.6. The second-order valence-corrected chi connectivity index (χ2v) is 4.90. The number of esters is 1. The van der Waals surface area contributed by atoms with Crippen LogP contribution < -0.4 is 5.32 Å². The number of carbonyl (C=O) groups excluding carboxylic acids is 2. The van der Waals surface area contributed by atoms with Crippen LogP contribution in [0.1, 0.15) is 31.1 Å². The Morgan fingerprint density at radius 2 is 1.80 bits per heavy atom. The number of benzene rings is 1. The van der Waals surface area contributed by atoms with Crippen LogP contribution in [-0.4, -0.2) is 24.8 Å². The fourth-order valence-electron chi connectivity index (χ4n) is 1.37. The monoisotopic (exact) mass is 287 g/mol. The lowest BCUT2D eigenvalue weighted by atomic mass is 10.1. The van der Waals surface area contributed by atoms with Crippen LogP contribution >= 0.6 is 0 Å². The van der Waals surface area contributed by atoms with Crippen molar-refractivity contribution in [3.8, 4) is 0 Å². The number of halogens is 2. The summed E-state index contributed by atoms with van der Waals surface area (Å²) >= 11 is 0. The highest BCUT2D eigenvalue weighted by molar-refractivity contribution is 6.00. The second kappa shape index (κ2) is 5.85. The lowest BCUT2D eigenvalue weighted by molar-refractivity contribution is 0.0595. The lowest BCUT2D eigenvalue weighted by Crippen LogP contribution is -2.28. The van der Waals surface area contributed by atoms with Crippen molar-refractivity contribution in [1.29, 1.82) is 0 Å². The van der Waals surface area contributed by atoms with E-state index in [0.29, 0.717) is 0 Å². The maximum atomic E-state index is 13.6. The molecule has 0 aliphatic carbocycles. The molecule has 7 heteroatoms. The molecular weight excluding hydrogens is 272 g/mol. The number of nitrogens with one attached hydrogen (secondary N) is 1. The quantitative estimate of drug-likeness (QED) is 0.849. The van der Waals surface area contributed by atoms with Gasteiger partial charge in [0.25, 0.3) is 0 Å². The summed E-state index contributed by atoms with van der Waals surface area (Å²) in [5.74, 6) is -3.72. The molecule has 0 atom stereocenters. The van der Waals surface area contributed by atoms with Gasteiger partial charge >= 0.3 is 12.1 Å². The first-order valence-electron chi connectivity index (χ1n) is 5.72. The van der Waals surface area contributed by atoms with Crippen molar-refractivity contribution >= 4 is 17.7 Å². The number of methoxy groups -OCH3 is 1. The smallest absolute Gasteiger partial charge is 0.412 e. The van der Waals surface area contributed by atoms with Crippen LogP contribution in [0.15, 0.2) is 12.1 Å². The molecule has 1 aromatic rings. The highest BCUT2D eigenvalue weighted by atomic mass is 19.2. The van der Waals surface area contributed by atoms with Crippen LogP contribution in [0, 0.1) is 11.6 Å². The molecule has 0 aliphatic heterocycles. The minimum Gasteiger partial charge on any atom is -0.465 e. The molecule has 0 heterocycles. The van der Waals surface area contributed by atoms with Crippen LogP contribution in [0.5, 0.6) is 0 Å². The fourth-order valence-corrected chi connectivity index (χ4v) is 1.37. The number of amides is 1. The van der Waals surface area contributed by atoms with E-state index in [1.165, 1.54) is 0 Å². The summed E-state index contributed by atoms with van der Waals surface area (Å²) in [6.45, 7) is 4.91. The van der Waals surface area contributed by atoms with Crippen LogP contribution in [0.25, 0.3) is 0 Å². The minimum absolute atomic E-state index is 0.231. The van der Waals surface area contributed by atoms with Crippen LogP contribution in [-0.2, 0) is 9.47 Å². The molecule has 0 saturated carbocycles. The second-order valence-electron chi connectivity index (χ2n) is 4.90. The van der Waals surface area contributed by atoms with Crippen LogP contribution in [0.4, 0.5) is 19.3 Å². The molecule has 1 rings (SSSR count). The minimum atomic E-state index is -1.40. The maximum Gasteiger partial charge on any atom is 0.412 e. The van der Waals surface area contributed by atoms with Crippen molar-refractivity contribution in [2.24, 2.45) is 0 Å². The van der Waals surface area contributed by atoms with Gasteiger partial charge in [0.2, 0.25) is 0 Å². The zero-order valence-electron chi connectivity index (χ0n) is 11.5. The van der Waals surface area contributed by atoms with Gasteiger partial charge < -0.3 is 9.47 Å². The molecule has 5 nitrogen and oxygen atoms in total. The summed E-state index contributed by atoms with van der Waals surface area (Å²) in [5.41, 5.74) is -1.70. The summed E-state index contributed by atoms with van der Waals surface area (Å²) in [6.07, 6.45) is -0.895. The van der Waals surface area contributed by atoms with E-state index >= 15 is 0 Å². The zero-order valence-corrected chi connectivity index (χ0v) is 11.5. The number of rotatable bonds is 2. The number of carbonyl (C=O) groups is 2. The van der Waals surface area contributed by atoms with Crippen LogP contribution in [0.2, 0.25) is 0 Å². The average molecular weight is 287 g/mol. The first-order chi connectivity index (χ1) is 9.15. The lowest BCUT2D eigenvalue weighted by Gasteiger charge is -2.20. The SMILES string of the molecule is COC(=O)c1c(NC(=O)OC(C)(C)C)ccc(F)c1F. The summed E-state index contributed by atoms with van der Waals surface area (Å²) in [7, 11) is 1.02. The molecule has 0 saturated heterocycles. The summed E-state index contributed by atoms with van der Waals surface area (Å²) < 4.78 is 36.1. The van der Waals surface area contributed by atoms with Gasteiger partial charge in [0.15, 0.2) is 11.6 Å². The molecular formula is C13H15F2NO4. The summed E-state index contributed by atoms with van der Waals surface area (Å²) in [4.78, 5) is 23.0. The molecule has 110 valence electrons. The van der Waals surface area contributed by atoms with Gasteiger partial charge in [-0.3, -0.25) is 5.32 Å². The number of hydrogen-bond donors (Lipinski definition) is 1. The third kappa shape index (κ3) is 3.91. The molecule has 0 spiro atoms. The highest BCUT2D eigenvalue weighted by Gasteiger charge is 2.24. The molecule has 0 aliphatic rings. The largest absolute Gasteiger partial charge is 0.465 e. The van der Waals surface area contributed by atoms with Gasteiger partial charge in [-0.15, -0.1) is 0 Å². The molecule has 0 fully saturated rings. The molecule has 1 amide bonds. The molecule has 0 bridgehead atoms. The Bertz CT molecular complexity index is 538. The van der Waals surface area contributed by atoms with Gasteiger partial charge in [-0.05, 0) is 32.9 Å². The van der Waals surface area contributed by atoms with Crippen molar-refractivity contribution in [2.75, 3.05) is 12.4 Å². The Morgan fingerprint density at radius 1 is 1.20 bits per heavy atom. The third-order valence-electron chi connectivity index (χ3n) is 2.12. The van der Waals surface area contributed by atoms with Crippen LogP contribution in [0.3, 0.4) is 0 Å². The van der Waals surface area contributed by atoms with Gasteiger partial charge in [-0.2, -0.15) is 0 Å². The molecule has 1 N–H and O–H groups in total. The van der Waals surface area contributed by atoms with E-state index in [2.05, 4.69) is 10.1 Å². The van der Waals surface area contributed by atoms with Gasteiger partial charge in [0, 0.05) is 0 Å². The third-order valence-corrected chi connectivity index (χ3v) is 2.12. The van der Waals surface area contributed by atoms with E-state index in [4.69, 9.17) is 4.74 Å². The highest BCUT2D eigenvalue weighted by Crippen LogP contribution is 2.23. The van der Waals surface area contributed by atoms with Crippen molar-refractivity contribution in [1.82, 2.24) is 0 Å². The topological polar surface area (TPSA) is 64.6 Å². The predicted molar refractivity (Wildman–Crippen MR) is 67.6 cm³/mol. The Morgan fingerprint density at radius 3 is 2.30 bits per heavy atom. The zero-order chi connectivity index (χ0) is 15.5. The van der Waals surface area contributed by atoms with Crippen molar-refractivity contribution in [3.63, 3.8) is 0 Å². The van der Waals surface area contributed by atoms with E-state index < -0.39 is 34.9 Å². The average Bonchev–Trinajstić information content (AvgIpc) is 2.31. The van der Waals surface area contributed by atoms with Gasteiger partial charge in [0.05, 0.1) is 12.8 Å². The Balaban J connectivity index is 3.10. The van der Waals surface area contributed by atoms with Gasteiger partial charge in [0.1, 0.15) is 11.2 Å². The Kier molecular flexibility index (Phi) is 4.65. The van der Waals surface area contributed by atoms with Crippen molar-refractivity contribution in [2.45, 2.75) is 26.4 Å². The van der Waals surface area contributed by atoms with E-state index in [1.54, 1.807) is 20.8 Å².